The predicted molar refractivity (Wildman–Crippen MR) is 81.8 cm³/mol. The van der Waals surface area contributed by atoms with Gasteiger partial charge >= 0.3 is 0 Å². The number of amidine groups is 1. The summed E-state index contributed by atoms with van der Waals surface area (Å²) >= 11 is 0. The first-order chi connectivity index (χ1) is 9.63. The van der Waals surface area contributed by atoms with Crippen molar-refractivity contribution in [2.45, 2.75) is 45.1 Å². The van der Waals surface area contributed by atoms with Crippen LogP contribution in [0.25, 0.3) is 0 Å². The van der Waals surface area contributed by atoms with Crippen molar-refractivity contribution in [3.63, 3.8) is 0 Å². The molecular weight excluding hydrogens is 252 g/mol. The van der Waals surface area contributed by atoms with Gasteiger partial charge in [0.25, 0.3) is 0 Å². The third-order valence-electron chi connectivity index (χ3n) is 3.20. The van der Waals surface area contributed by atoms with Gasteiger partial charge in [-0.1, -0.05) is 19.3 Å². The van der Waals surface area contributed by atoms with E-state index >= 15 is 0 Å². The smallest absolute Gasteiger partial charge is 0.174 e. The third-order valence-corrected chi connectivity index (χ3v) is 3.20. The Balaban J connectivity index is 2.05. The zero-order valence-electron chi connectivity index (χ0n) is 11.8. The zero-order chi connectivity index (χ0) is 14.4. The summed E-state index contributed by atoms with van der Waals surface area (Å²) in [6.45, 7) is 1.76. The van der Waals surface area contributed by atoms with Crippen molar-refractivity contribution >= 4 is 17.5 Å². The van der Waals surface area contributed by atoms with E-state index in [0.717, 1.165) is 5.82 Å². The number of nitrogens with zero attached hydrogens (tertiary/aromatic N) is 3. The lowest BCUT2D eigenvalue weighted by atomic mass is 9.96. The van der Waals surface area contributed by atoms with Gasteiger partial charge < -0.3 is 16.8 Å². The van der Waals surface area contributed by atoms with Gasteiger partial charge in [-0.25, -0.2) is 9.98 Å². The van der Waals surface area contributed by atoms with Gasteiger partial charge in [-0.2, -0.15) is 0 Å². The predicted octanol–water partition coefficient (Wildman–Crippen LogP) is 2.07. The van der Waals surface area contributed by atoms with Crippen molar-refractivity contribution in [2.75, 3.05) is 5.32 Å². The second kappa shape index (κ2) is 6.88. The Kier molecular flexibility index (Phi) is 4.92. The number of hydrogen-bond donors (Lipinski definition) is 3. The summed E-state index contributed by atoms with van der Waals surface area (Å²) in [5.41, 5.74) is 11.9. The Morgan fingerprint density at radius 2 is 2.05 bits per heavy atom. The Morgan fingerprint density at radius 3 is 2.75 bits per heavy atom. The fourth-order valence-corrected chi connectivity index (χ4v) is 2.33. The second-order valence-corrected chi connectivity index (χ2v) is 5.17. The Morgan fingerprint density at radius 1 is 1.30 bits per heavy atom. The van der Waals surface area contributed by atoms with Crippen molar-refractivity contribution in [2.24, 2.45) is 16.5 Å². The van der Waals surface area contributed by atoms with Crippen molar-refractivity contribution in [3.05, 3.63) is 24.2 Å². The molecule has 0 amide bonds. The van der Waals surface area contributed by atoms with Crippen molar-refractivity contribution < 1.29 is 0 Å². The van der Waals surface area contributed by atoms with Gasteiger partial charge in [0, 0.05) is 11.7 Å². The van der Waals surface area contributed by atoms with Crippen LogP contribution < -0.4 is 16.8 Å². The van der Waals surface area contributed by atoms with E-state index in [1.165, 1.54) is 32.1 Å². The molecule has 20 heavy (non-hydrogen) atoms. The summed E-state index contributed by atoms with van der Waals surface area (Å²) in [5, 5.41) is 3.41. The molecule has 108 valence electrons. The van der Waals surface area contributed by atoms with Gasteiger partial charge in [-0.05, 0) is 25.8 Å². The lowest BCUT2D eigenvalue weighted by Gasteiger charge is -2.23. The van der Waals surface area contributed by atoms with Gasteiger partial charge in [0.05, 0.1) is 12.4 Å². The molecule has 0 bridgehead atoms. The van der Waals surface area contributed by atoms with Crippen LogP contribution in [0.1, 0.15) is 39.0 Å². The molecule has 1 heterocycles. The van der Waals surface area contributed by atoms with Gasteiger partial charge in [-0.15, -0.1) is 0 Å². The van der Waals surface area contributed by atoms with Crippen LogP contribution in [0.2, 0.25) is 0 Å². The molecule has 1 aliphatic carbocycles. The van der Waals surface area contributed by atoms with Crippen molar-refractivity contribution in [1.82, 2.24) is 9.97 Å². The lowest BCUT2D eigenvalue weighted by Crippen LogP contribution is -2.22. The third kappa shape index (κ3) is 4.53. The van der Waals surface area contributed by atoms with Gasteiger partial charge in [0.1, 0.15) is 11.7 Å². The summed E-state index contributed by atoms with van der Waals surface area (Å²) in [6.07, 6.45) is 11.1. The molecule has 0 aliphatic heterocycles. The van der Waals surface area contributed by atoms with E-state index in [9.17, 15) is 0 Å². The highest BCUT2D eigenvalue weighted by Crippen LogP contribution is 2.21. The number of aliphatic imine (C=N–C) groups is 1. The standard InChI is InChI=1S/C14H22N6/c1-10(15)7-12(16)19-14-9-17-8-13(20-14)18-11-5-3-2-4-6-11/h7-9,11H,2-6,15H2,1H3,(H3,16,18,19,20)/b10-7-. The molecule has 6 nitrogen and oxygen atoms in total. The van der Waals surface area contributed by atoms with E-state index in [4.69, 9.17) is 11.5 Å². The number of hydrogen-bond acceptors (Lipinski definition) is 5. The molecule has 1 saturated carbocycles. The average molecular weight is 274 g/mol. The van der Waals surface area contributed by atoms with Gasteiger partial charge in [0.2, 0.25) is 0 Å². The summed E-state index contributed by atoms with van der Waals surface area (Å²) in [4.78, 5) is 12.7. The summed E-state index contributed by atoms with van der Waals surface area (Å²) in [6, 6.07) is 0.487. The Hall–Kier alpha value is -2.11. The Labute approximate surface area is 119 Å². The molecule has 1 aliphatic rings. The van der Waals surface area contributed by atoms with E-state index in [0.29, 0.717) is 23.4 Å². The average Bonchev–Trinajstić information content (AvgIpc) is 2.39. The van der Waals surface area contributed by atoms with Crippen LogP contribution in [-0.4, -0.2) is 21.8 Å². The maximum absolute atomic E-state index is 5.75. The minimum atomic E-state index is 0.328. The lowest BCUT2D eigenvalue weighted by molar-refractivity contribution is 0.462. The molecular formula is C14H22N6. The monoisotopic (exact) mass is 274 g/mol. The Bertz CT molecular complexity index is 498. The molecule has 0 aromatic carbocycles. The fraction of sp³-hybridized carbons (Fsp3) is 0.500. The molecule has 1 aromatic heterocycles. The maximum Gasteiger partial charge on any atom is 0.174 e. The number of anilines is 1. The minimum absolute atomic E-state index is 0.328. The van der Waals surface area contributed by atoms with Crippen LogP contribution in [-0.2, 0) is 0 Å². The second-order valence-electron chi connectivity index (χ2n) is 5.17. The quantitative estimate of drug-likeness (QED) is 0.576. The summed E-state index contributed by atoms with van der Waals surface area (Å²) in [7, 11) is 0. The van der Waals surface area contributed by atoms with Crippen LogP contribution in [0.5, 0.6) is 0 Å². The molecule has 0 saturated heterocycles. The van der Waals surface area contributed by atoms with Crippen LogP contribution >= 0.6 is 0 Å². The van der Waals surface area contributed by atoms with Crippen LogP contribution in [0.4, 0.5) is 11.6 Å². The highest BCUT2D eigenvalue weighted by atomic mass is 15.1. The number of nitrogens with two attached hydrogens (primary N) is 2. The van der Waals surface area contributed by atoms with E-state index in [2.05, 4.69) is 20.3 Å². The maximum atomic E-state index is 5.75. The van der Waals surface area contributed by atoms with Crippen LogP contribution in [0.3, 0.4) is 0 Å². The number of nitrogens with one attached hydrogen (secondary N) is 1. The van der Waals surface area contributed by atoms with E-state index in [-0.39, 0.29) is 0 Å². The molecule has 0 spiro atoms. The first-order valence-corrected chi connectivity index (χ1v) is 7.00. The molecule has 1 fully saturated rings. The van der Waals surface area contributed by atoms with Gasteiger partial charge in [-0.3, -0.25) is 4.98 Å². The van der Waals surface area contributed by atoms with Crippen molar-refractivity contribution in [3.8, 4) is 0 Å². The van der Waals surface area contributed by atoms with E-state index < -0.39 is 0 Å². The largest absolute Gasteiger partial charge is 0.402 e. The van der Waals surface area contributed by atoms with Crippen LogP contribution in [0.15, 0.2) is 29.2 Å². The first-order valence-electron chi connectivity index (χ1n) is 7.00. The molecule has 0 atom stereocenters. The van der Waals surface area contributed by atoms with E-state index in [1.807, 2.05) is 0 Å². The summed E-state index contributed by atoms with van der Waals surface area (Å²) < 4.78 is 0. The number of allylic oxidation sites excluding steroid dienone is 1. The molecule has 5 N–H and O–H groups in total. The molecule has 6 heteroatoms. The molecule has 1 aromatic rings. The van der Waals surface area contributed by atoms with Crippen LogP contribution in [0, 0.1) is 0 Å². The minimum Gasteiger partial charge on any atom is -0.402 e. The van der Waals surface area contributed by atoms with Gasteiger partial charge in [0.15, 0.2) is 5.82 Å². The number of rotatable bonds is 4. The molecule has 2 rings (SSSR count). The highest BCUT2D eigenvalue weighted by Gasteiger charge is 2.13. The summed E-state index contributed by atoms with van der Waals surface area (Å²) in [5.74, 6) is 1.56. The zero-order valence-corrected chi connectivity index (χ0v) is 11.8. The number of aromatic nitrogens is 2. The normalized spacial score (nSPS) is 18.1. The molecule has 0 radical (unpaired) electrons. The fourth-order valence-electron chi connectivity index (χ4n) is 2.33. The SMILES string of the molecule is C/C(N)=C/C(N)=Nc1cncc(NC2CCCCC2)n1. The highest BCUT2D eigenvalue weighted by molar-refractivity contribution is 5.93. The molecule has 0 unspecified atom stereocenters. The topological polar surface area (TPSA) is 102 Å². The van der Waals surface area contributed by atoms with Crippen molar-refractivity contribution in [1.29, 1.82) is 0 Å². The first kappa shape index (κ1) is 14.3. The van der Waals surface area contributed by atoms with E-state index in [1.54, 1.807) is 25.4 Å².